The maximum Gasteiger partial charge on any atom is 0.267 e. The highest BCUT2D eigenvalue weighted by molar-refractivity contribution is 6.04. The molecule has 2 N–H and O–H groups in total. The molecule has 0 fully saturated rings. The minimum Gasteiger partial charge on any atom is -0.364 e. The molecule has 1 aromatic carbocycles. The van der Waals surface area contributed by atoms with E-state index in [9.17, 15) is 4.79 Å². The lowest BCUT2D eigenvalue weighted by Crippen LogP contribution is -2.15. The molecule has 0 aliphatic heterocycles. The van der Waals surface area contributed by atoms with Crippen LogP contribution in [0.5, 0.6) is 0 Å². The lowest BCUT2D eigenvalue weighted by Gasteiger charge is -2.19. The first kappa shape index (κ1) is 11.6. The number of primary amides is 1. The Labute approximate surface area is 101 Å². The Kier molecular flexibility index (Phi) is 2.62. The average Bonchev–Trinajstić information content (AvgIpc) is 2.26. The van der Waals surface area contributed by atoms with Crippen LogP contribution in [0.3, 0.4) is 0 Å². The van der Waals surface area contributed by atoms with Crippen LogP contribution in [0.2, 0.25) is 0 Å². The van der Waals surface area contributed by atoms with E-state index in [2.05, 4.69) is 31.8 Å². The second kappa shape index (κ2) is 3.84. The van der Waals surface area contributed by atoms with Gasteiger partial charge >= 0.3 is 0 Å². The van der Waals surface area contributed by atoms with E-state index >= 15 is 0 Å². The van der Waals surface area contributed by atoms with Gasteiger partial charge in [0.25, 0.3) is 5.91 Å². The van der Waals surface area contributed by atoms with Crippen molar-refractivity contribution in [2.75, 3.05) is 0 Å². The predicted octanol–water partition coefficient (Wildman–Crippen LogP) is 2.63. The summed E-state index contributed by atoms with van der Waals surface area (Å²) in [5.74, 6) is -0.485. The Hall–Kier alpha value is -1.90. The van der Waals surface area contributed by atoms with Crippen LogP contribution in [0.25, 0.3) is 10.8 Å². The maximum atomic E-state index is 11.3. The van der Waals surface area contributed by atoms with Crippen molar-refractivity contribution >= 4 is 16.7 Å². The van der Waals surface area contributed by atoms with E-state index < -0.39 is 5.91 Å². The first-order valence-corrected chi connectivity index (χ1v) is 5.58. The van der Waals surface area contributed by atoms with Crippen LogP contribution in [0.1, 0.15) is 36.8 Å². The smallest absolute Gasteiger partial charge is 0.267 e. The zero-order chi connectivity index (χ0) is 12.6. The van der Waals surface area contributed by atoms with E-state index in [1.165, 1.54) is 5.56 Å². The van der Waals surface area contributed by atoms with Crippen LogP contribution >= 0.6 is 0 Å². The first-order chi connectivity index (χ1) is 7.89. The lowest BCUT2D eigenvalue weighted by molar-refractivity contribution is 0.0997. The maximum absolute atomic E-state index is 11.3. The van der Waals surface area contributed by atoms with Crippen molar-refractivity contribution in [1.29, 1.82) is 0 Å². The van der Waals surface area contributed by atoms with E-state index in [1.807, 2.05) is 18.2 Å². The first-order valence-electron chi connectivity index (χ1n) is 5.58. The second-order valence-corrected chi connectivity index (χ2v) is 5.21. The molecule has 0 unspecified atom stereocenters. The van der Waals surface area contributed by atoms with Crippen molar-refractivity contribution in [3.8, 4) is 0 Å². The molecule has 3 nitrogen and oxygen atoms in total. The van der Waals surface area contributed by atoms with E-state index in [-0.39, 0.29) is 5.41 Å². The average molecular weight is 228 g/mol. The molecule has 3 heteroatoms. The Balaban J connectivity index is 2.75. The van der Waals surface area contributed by atoms with E-state index in [0.29, 0.717) is 5.69 Å². The van der Waals surface area contributed by atoms with Gasteiger partial charge in [0.1, 0.15) is 5.69 Å². The SMILES string of the molecule is CC(C)(C)c1ccc2ccnc(C(N)=O)c2c1. The van der Waals surface area contributed by atoms with Gasteiger partial charge < -0.3 is 5.73 Å². The van der Waals surface area contributed by atoms with Gasteiger partial charge in [0.2, 0.25) is 0 Å². The Bertz CT molecular complexity index is 582. The number of hydrogen-bond acceptors (Lipinski definition) is 2. The number of nitrogens with zero attached hydrogens (tertiary/aromatic N) is 1. The predicted molar refractivity (Wildman–Crippen MR) is 69.0 cm³/mol. The number of benzene rings is 1. The van der Waals surface area contributed by atoms with Crippen LogP contribution in [0, 0.1) is 0 Å². The molecule has 0 radical (unpaired) electrons. The lowest BCUT2D eigenvalue weighted by atomic mass is 9.86. The van der Waals surface area contributed by atoms with Crippen LogP contribution in [-0.4, -0.2) is 10.9 Å². The highest BCUT2D eigenvalue weighted by atomic mass is 16.1. The Morgan fingerprint density at radius 1 is 1.24 bits per heavy atom. The van der Waals surface area contributed by atoms with Crippen molar-refractivity contribution in [2.45, 2.75) is 26.2 Å². The van der Waals surface area contributed by atoms with Gasteiger partial charge in [-0.05, 0) is 28.5 Å². The number of pyridine rings is 1. The van der Waals surface area contributed by atoms with Gasteiger partial charge in [0.15, 0.2) is 0 Å². The van der Waals surface area contributed by atoms with Crippen LogP contribution in [0.15, 0.2) is 30.5 Å². The summed E-state index contributed by atoms with van der Waals surface area (Å²) in [7, 11) is 0. The Morgan fingerprint density at radius 2 is 1.94 bits per heavy atom. The molecule has 0 saturated heterocycles. The van der Waals surface area contributed by atoms with Gasteiger partial charge in [-0.15, -0.1) is 0 Å². The Morgan fingerprint density at radius 3 is 2.53 bits per heavy atom. The quantitative estimate of drug-likeness (QED) is 0.815. The molecule has 88 valence electrons. The third-order valence-corrected chi connectivity index (χ3v) is 2.87. The molecule has 1 amide bonds. The number of fused-ring (bicyclic) bond motifs is 1. The van der Waals surface area contributed by atoms with Crippen molar-refractivity contribution in [2.24, 2.45) is 5.73 Å². The van der Waals surface area contributed by atoms with Crippen molar-refractivity contribution in [3.05, 3.63) is 41.7 Å². The number of rotatable bonds is 1. The molecule has 2 rings (SSSR count). The fourth-order valence-electron chi connectivity index (χ4n) is 1.83. The van der Waals surface area contributed by atoms with Gasteiger partial charge in [0.05, 0.1) is 0 Å². The molecule has 1 heterocycles. The standard InChI is InChI=1S/C14H16N2O/c1-14(2,3)10-5-4-9-6-7-16-12(13(15)17)11(9)8-10/h4-8H,1-3H3,(H2,15,17). The third kappa shape index (κ3) is 2.13. The van der Waals surface area contributed by atoms with E-state index in [4.69, 9.17) is 5.73 Å². The zero-order valence-corrected chi connectivity index (χ0v) is 10.3. The van der Waals surface area contributed by atoms with Crippen LogP contribution < -0.4 is 5.73 Å². The minimum atomic E-state index is -0.485. The largest absolute Gasteiger partial charge is 0.364 e. The molecule has 0 aliphatic carbocycles. The fourth-order valence-corrected chi connectivity index (χ4v) is 1.83. The second-order valence-electron chi connectivity index (χ2n) is 5.21. The highest BCUT2D eigenvalue weighted by Crippen LogP contribution is 2.26. The number of carbonyl (C=O) groups excluding carboxylic acids is 1. The summed E-state index contributed by atoms with van der Waals surface area (Å²) in [4.78, 5) is 15.4. The van der Waals surface area contributed by atoms with Gasteiger partial charge in [-0.1, -0.05) is 32.9 Å². The molecule has 1 aromatic heterocycles. The molecular formula is C14H16N2O. The molecule has 0 aliphatic rings. The van der Waals surface area contributed by atoms with E-state index in [0.717, 1.165) is 10.8 Å². The van der Waals surface area contributed by atoms with E-state index in [1.54, 1.807) is 6.20 Å². The molecule has 2 aromatic rings. The summed E-state index contributed by atoms with van der Waals surface area (Å²) in [6, 6.07) is 7.97. The molecule has 0 atom stereocenters. The highest BCUT2D eigenvalue weighted by Gasteiger charge is 2.15. The number of carbonyl (C=O) groups is 1. The zero-order valence-electron chi connectivity index (χ0n) is 10.3. The summed E-state index contributed by atoms with van der Waals surface area (Å²) in [5.41, 5.74) is 6.89. The number of hydrogen-bond donors (Lipinski definition) is 1. The third-order valence-electron chi connectivity index (χ3n) is 2.87. The molecule has 0 saturated carbocycles. The van der Waals surface area contributed by atoms with Gasteiger partial charge in [-0.3, -0.25) is 9.78 Å². The van der Waals surface area contributed by atoms with Gasteiger partial charge in [-0.25, -0.2) is 0 Å². The minimum absolute atomic E-state index is 0.0406. The van der Waals surface area contributed by atoms with Gasteiger partial charge in [0, 0.05) is 11.6 Å². The molecule has 0 spiro atoms. The summed E-state index contributed by atoms with van der Waals surface area (Å²) in [6.45, 7) is 6.40. The van der Waals surface area contributed by atoms with Crippen molar-refractivity contribution in [3.63, 3.8) is 0 Å². The fraction of sp³-hybridized carbons (Fsp3) is 0.286. The summed E-state index contributed by atoms with van der Waals surface area (Å²) in [5, 5.41) is 1.81. The number of aromatic nitrogens is 1. The molecule has 0 bridgehead atoms. The topological polar surface area (TPSA) is 56.0 Å². The van der Waals surface area contributed by atoms with Crippen LogP contribution in [0.4, 0.5) is 0 Å². The molecule has 17 heavy (non-hydrogen) atoms. The number of amides is 1. The van der Waals surface area contributed by atoms with Crippen molar-refractivity contribution in [1.82, 2.24) is 4.98 Å². The summed E-state index contributed by atoms with van der Waals surface area (Å²) in [6.07, 6.45) is 1.61. The monoisotopic (exact) mass is 228 g/mol. The number of nitrogens with two attached hydrogens (primary N) is 1. The van der Waals surface area contributed by atoms with Crippen LogP contribution in [-0.2, 0) is 5.41 Å². The van der Waals surface area contributed by atoms with Crippen molar-refractivity contribution < 1.29 is 4.79 Å². The normalized spacial score (nSPS) is 11.7. The van der Waals surface area contributed by atoms with Gasteiger partial charge in [-0.2, -0.15) is 0 Å². The molecular weight excluding hydrogens is 212 g/mol. The summed E-state index contributed by atoms with van der Waals surface area (Å²) < 4.78 is 0. The summed E-state index contributed by atoms with van der Waals surface area (Å²) >= 11 is 0.